The highest BCUT2D eigenvalue weighted by Crippen LogP contribution is 2.34. The number of hydrogen-bond donors (Lipinski definition) is 2. The minimum atomic E-state index is -1.10. The monoisotopic (exact) mass is 375 g/mol. The molecule has 1 atom stereocenters. The van der Waals surface area contributed by atoms with Crippen LogP contribution >= 0.6 is 0 Å². The Hall–Kier alpha value is -1.85. The number of rotatable bonds is 11. The number of ether oxygens (including phenoxy) is 1. The number of aromatic nitrogens is 1. The van der Waals surface area contributed by atoms with Crippen molar-refractivity contribution >= 4 is 0 Å². The zero-order chi connectivity index (χ0) is 19.3. The van der Waals surface area contributed by atoms with Crippen LogP contribution in [0.5, 0.6) is 5.75 Å². The standard InChI is InChI=1S/C22H30FNO3/c1-2-22(26,16-24-12-5-7-19(24)6-3-4-13-25)18-10-11-20(23)21(14-18)27-15-17-8-9-17/h5,7,10-12,14,17,25-26H,2-4,6,8-9,13,15-16H2,1H3/t22-/m1/s1. The van der Waals surface area contributed by atoms with E-state index in [-0.39, 0.29) is 18.2 Å². The molecule has 5 heteroatoms. The molecule has 1 aliphatic carbocycles. The summed E-state index contributed by atoms with van der Waals surface area (Å²) in [5, 5.41) is 20.3. The molecular weight excluding hydrogens is 345 g/mol. The quantitative estimate of drug-likeness (QED) is 0.583. The van der Waals surface area contributed by atoms with Gasteiger partial charge >= 0.3 is 0 Å². The molecule has 2 aromatic rings. The lowest BCUT2D eigenvalue weighted by atomic mass is 9.90. The fraction of sp³-hybridized carbons (Fsp3) is 0.545. The Kier molecular flexibility index (Phi) is 6.55. The third-order valence-corrected chi connectivity index (χ3v) is 5.42. The molecule has 0 unspecified atom stereocenters. The van der Waals surface area contributed by atoms with Gasteiger partial charge in [0.05, 0.1) is 13.2 Å². The number of unbranched alkanes of at least 4 members (excludes halogenated alkanes) is 1. The Labute approximate surface area is 160 Å². The van der Waals surface area contributed by atoms with Gasteiger partial charge in [-0.3, -0.25) is 0 Å². The summed E-state index contributed by atoms with van der Waals surface area (Å²) in [4.78, 5) is 0. The summed E-state index contributed by atoms with van der Waals surface area (Å²) < 4.78 is 21.8. The summed E-state index contributed by atoms with van der Waals surface area (Å²) in [5.74, 6) is 0.380. The number of benzene rings is 1. The van der Waals surface area contributed by atoms with Crippen LogP contribution in [0.2, 0.25) is 0 Å². The Bertz CT molecular complexity index is 741. The predicted molar refractivity (Wildman–Crippen MR) is 103 cm³/mol. The van der Waals surface area contributed by atoms with Crippen LogP contribution in [-0.2, 0) is 18.6 Å². The van der Waals surface area contributed by atoms with Crippen LogP contribution in [0.4, 0.5) is 4.39 Å². The topological polar surface area (TPSA) is 54.6 Å². The highest BCUT2D eigenvalue weighted by Gasteiger charge is 2.30. The largest absolute Gasteiger partial charge is 0.490 e. The van der Waals surface area contributed by atoms with Crippen LogP contribution in [0.25, 0.3) is 0 Å². The van der Waals surface area contributed by atoms with Gasteiger partial charge in [0.25, 0.3) is 0 Å². The summed E-state index contributed by atoms with van der Waals surface area (Å²) in [6.07, 6.45) is 7.29. The zero-order valence-corrected chi connectivity index (χ0v) is 16.0. The van der Waals surface area contributed by atoms with Crippen molar-refractivity contribution in [3.05, 3.63) is 53.6 Å². The smallest absolute Gasteiger partial charge is 0.165 e. The van der Waals surface area contributed by atoms with Crippen molar-refractivity contribution < 1.29 is 19.3 Å². The van der Waals surface area contributed by atoms with Crippen LogP contribution in [-0.4, -0.2) is 28.0 Å². The number of aryl methyl sites for hydroxylation is 1. The highest BCUT2D eigenvalue weighted by molar-refractivity contribution is 5.34. The fourth-order valence-electron chi connectivity index (χ4n) is 3.33. The van der Waals surface area contributed by atoms with Crippen molar-refractivity contribution in [3.8, 4) is 5.75 Å². The molecule has 4 nitrogen and oxygen atoms in total. The van der Waals surface area contributed by atoms with E-state index in [1.54, 1.807) is 12.1 Å². The van der Waals surface area contributed by atoms with Crippen molar-refractivity contribution in [2.75, 3.05) is 13.2 Å². The van der Waals surface area contributed by atoms with Gasteiger partial charge in [0, 0.05) is 18.5 Å². The molecule has 1 fully saturated rings. The van der Waals surface area contributed by atoms with Crippen molar-refractivity contribution in [1.29, 1.82) is 0 Å². The molecular formula is C22H30FNO3. The van der Waals surface area contributed by atoms with E-state index >= 15 is 0 Å². The highest BCUT2D eigenvalue weighted by atomic mass is 19.1. The maximum absolute atomic E-state index is 14.1. The van der Waals surface area contributed by atoms with Gasteiger partial charge in [-0.2, -0.15) is 0 Å². The average molecular weight is 375 g/mol. The number of nitrogens with zero attached hydrogens (tertiary/aromatic N) is 1. The lowest BCUT2D eigenvalue weighted by Gasteiger charge is -2.29. The molecule has 27 heavy (non-hydrogen) atoms. The van der Waals surface area contributed by atoms with Crippen molar-refractivity contribution in [2.24, 2.45) is 5.92 Å². The van der Waals surface area contributed by atoms with Gasteiger partial charge in [-0.15, -0.1) is 0 Å². The molecule has 0 spiro atoms. The van der Waals surface area contributed by atoms with Gasteiger partial charge in [0.1, 0.15) is 5.60 Å². The van der Waals surface area contributed by atoms with Crippen molar-refractivity contribution in [3.63, 3.8) is 0 Å². The van der Waals surface area contributed by atoms with Crippen molar-refractivity contribution in [1.82, 2.24) is 4.57 Å². The van der Waals surface area contributed by atoms with Gasteiger partial charge in [-0.25, -0.2) is 4.39 Å². The Morgan fingerprint density at radius 1 is 1.26 bits per heavy atom. The van der Waals surface area contributed by atoms with E-state index in [1.165, 1.54) is 6.07 Å². The first-order valence-corrected chi connectivity index (χ1v) is 9.96. The zero-order valence-electron chi connectivity index (χ0n) is 16.0. The third-order valence-electron chi connectivity index (χ3n) is 5.42. The molecule has 2 N–H and O–H groups in total. The fourth-order valence-corrected chi connectivity index (χ4v) is 3.33. The summed E-state index contributed by atoms with van der Waals surface area (Å²) in [6, 6.07) is 8.70. The first-order chi connectivity index (χ1) is 13.1. The second kappa shape index (κ2) is 8.89. The predicted octanol–water partition coefficient (Wildman–Crippen LogP) is 4.03. The van der Waals surface area contributed by atoms with Gasteiger partial charge in [0.2, 0.25) is 0 Å². The number of aliphatic hydroxyl groups excluding tert-OH is 1. The maximum Gasteiger partial charge on any atom is 0.165 e. The Morgan fingerprint density at radius 2 is 2.07 bits per heavy atom. The van der Waals surface area contributed by atoms with E-state index < -0.39 is 5.60 Å². The summed E-state index contributed by atoms with van der Waals surface area (Å²) >= 11 is 0. The number of aliphatic hydroxyl groups is 2. The van der Waals surface area contributed by atoms with Gasteiger partial charge in [0.15, 0.2) is 11.6 Å². The summed E-state index contributed by atoms with van der Waals surface area (Å²) in [7, 11) is 0. The first-order valence-electron chi connectivity index (χ1n) is 9.96. The summed E-state index contributed by atoms with van der Waals surface area (Å²) in [6.45, 7) is 3.07. The summed E-state index contributed by atoms with van der Waals surface area (Å²) in [5.41, 5.74) is 0.700. The van der Waals surface area contributed by atoms with Crippen LogP contribution in [0.15, 0.2) is 36.5 Å². The Morgan fingerprint density at radius 3 is 2.78 bits per heavy atom. The molecule has 1 saturated carbocycles. The molecule has 1 heterocycles. The van der Waals surface area contributed by atoms with E-state index in [9.17, 15) is 9.50 Å². The number of halogens is 1. The van der Waals surface area contributed by atoms with Crippen LogP contribution in [0.1, 0.15) is 50.3 Å². The van der Waals surface area contributed by atoms with E-state index in [4.69, 9.17) is 9.84 Å². The maximum atomic E-state index is 14.1. The second-order valence-electron chi connectivity index (χ2n) is 7.59. The van der Waals surface area contributed by atoms with Gasteiger partial charge in [-0.05, 0) is 74.3 Å². The Balaban J connectivity index is 1.76. The van der Waals surface area contributed by atoms with Crippen LogP contribution in [0, 0.1) is 11.7 Å². The molecule has 0 saturated heterocycles. The van der Waals surface area contributed by atoms with E-state index in [2.05, 4.69) is 4.57 Å². The second-order valence-corrected chi connectivity index (χ2v) is 7.59. The molecule has 1 aromatic heterocycles. The molecule has 0 aliphatic heterocycles. The number of hydrogen-bond acceptors (Lipinski definition) is 3. The molecule has 148 valence electrons. The molecule has 0 radical (unpaired) electrons. The minimum Gasteiger partial charge on any atom is -0.490 e. The lowest BCUT2D eigenvalue weighted by molar-refractivity contribution is 0.0134. The SMILES string of the molecule is CC[C@@](O)(Cn1cccc1CCCCO)c1ccc(F)c(OCC2CC2)c1. The molecule has 1 aromatic carbocycles. The molecule has 3 rings (SSSR count). The van der Waals surface area contributed by atoms with E-state index in [0.29, 0.717) is 31.1 Å². The minimum absolute atomic E-state index is 0.193. The normalized spacial score (nSPS) is 16.3. The van der Waals surface area contributed by atoms with Crippen molar-refractivity contribution in [2.45, 2.75) is 57.6 Å². The van der Waals surface area contributed by atoms with Gasteiger partial charge in [-0.1, -0.05) is 13.0 Å². The lowest BCUT2D eigenvalue weighted by Crippen LogP contribution is -2.31. The van der Waals surface area contributed by atoms with E-state index in [0.717, 1.165) is 37.8 Å². The van der Waals surface area contributed by atoms with E-state index in [1.807, 2.05) is 25.3 Å². The van der Waals surface area contributed by atoms with Crippen LogP contribution < -0.4 is 4.74 Å². The third kappa shape index (κ3) is 5.11. The molecule has 0 bridgehead atoms. The molecule has 1 aliphatic rings. The average Bonchev–Trinajstić information content (AvgIpc) is 3.41. The van der Waals surface area contributed by atoms with Gasteiger partial charge < -0.3 is 19.5 Å². The first kappa shape index (κ1) is 19.9. The van der Waals surface area contributed by atoms with Crippen LogP contribution in [0.3, 0.4) is 0 Å². The molecule has 0 amide bonds.